The molecule has 0 saturated carbocycles. The number of hydrogen-bond donors (Lipinski definition) is 0. The Balaban J connectivity index is 1.26. The van der Waals surface area contributed by atoms with E-state index in [-0.39, 0.29) is 0 Å². The number of thiazole rings is 1. The van der Waals surface area contributed by atoms with E-state index >= 15 is 0 Å². The molecule has 0 saturated heterocycles. The summed E-state index contributed by atoms with van der Waals surface area (Å²) in [6.07, 6.45) is 0. The van der Waals surface area contributed by atoms with Gasteiger partial charge in [0, 0.05) is 31.1 Å². The van der Waals surface area contributed by atoms with E-state index in [1.807, 2.05) is 30.3 Å². The maximum atomic E-state index is 6.09. The van der Waals surface area contributed by atoms with Gasteiger partial charge in [-0.05, 0) is 72.8 Å². The Hall–Kier alpha value is -3.91. The summed E-state index contributed by atoms with van der Waals surface area (Å²) >= 11 is 7.16. The molecule has 0 spiro atoms. The first-order valence-electron chi connectivity index (χ1n) is 12.4. The lowest BCUT2D eigenvalue weighted by Gasteiger charge is -2.33. The van der Waals surface area contributed by atoms with Crippen molar-refractivity contribution in [1.29, 1.82) is 0 Å². The fourth-order valence-electron chi connectivity index (χ4n) is 4.96. The summed E-state index contributed by atoms with van der Waals surface area (Å²) in [5.74, 6) is 0.629. The molecule has 0 fully saturated rings. The summed E-state index contributed by atoms with van der Waals surface area (Å²) < 4.78 is 8.33. The van der Waals surface area contributed by atoms with E-state index in [0.29, 0.717) is 5.89 Å². The van der Waals surface area contributed by atoms with Crippen LogP contribution in [0, 0.1) is 0 Å². The number of aromatic nitrogens is 2. The van der Waals surface area contributed by atoms with Crippen molar-refractivity contribution in [3.63, 3.8) is 0 Å². The number of hydrogen-bond acceptors (Lipinski definition) is 6. The summed E-state index contributed by atoms with van der Waals surface area (Å²) in [4.78, 5) is 14.3. The smallest absolute Gasteiger partial charge is 0.227 e. The first kappa shape index (κ1) is 23.0. The van der Waals surface area contributed by atoms with E-state index in [1.54, 1.807) is 23.1 Å². The van der Waals surface area contributed by atoms with Crippen molar-refractivity contribution >= 4 is 77.4 Å². The monoisotopic (exact) mass is 603 g/mol. The third-order valence-corrected chi connectivity index (χ3v) is 9.44. The van der Waals surface area contributed by atoms with E-state index in [0.717, 1.165) is 59.2 Å². The largest absolute Gasteiger partial charge is 0.436 e. The molecule has 8 rings (SSSR count). The fourth-order valence-corrected chi connectivity index (χ4v) is 7.57. The molecule has 7 aromatic rings. The summed E-state index contributed by atoms with van der Waals surface area (Å²) in [6, 6.07) is 37.7. The maximum absolute atomic E-state index is 6.09. The lowest BCUT2D eigenvalue weighted by molar-refractivity contribution is 0.619. The molecule has 0 aliphatic carbocycles. The highest BCUT2D eigenvalue weighted by molar-refractivity contribution is 9.10. The lowest BCUT2D eigenvalue weighted by atomic mass is 10.1. The Morgan fingerprint density at radius 1 is 0.667 bits per heavy atom. The molecule has 0 amide bonds. The van der Waals surface area contributed by atoms with Crippen molar-refractivity contribution in [1.82, 2.24) is 9.97 Å². The van der Waals surface area contributed by atoms with Crippen LogP contribution in [0.1, 0.15) is 0 Å². The van der Waals surface area contributed by atoms with Gasteiger partial charge < -0.3 is 9.32 Å². The molecule has 3 heterocycles. The van der Waals surface area contributed by atoms with Gasteiger partial charge in [-0.25, -0.2) is 9.97 Å². The number of oxazole rings is 1. The van der Waals surface area contributed by atoms with Gasteiger partial charge in [-0.1, -0.05) is 64.1 Å². The Morgan fingerprint density at radius 3 is 2.33 bits per heavy atom. The summed E-state index contributed by atoms with van der Waals surface area (Å²) in [7, 11) is 0. The highest BCUT2D eigenvalue weighted by Crippen LogP contribution is 2.53. The second-order valence-corrected chi connectivity index (χ2v) is 12.3. The highest BCUT2D eigenvalue weighted by Gasteiger charge is 2.26. The first-order valence-corrected chi connectivity index (χ1v) is 14.9. The fraction of sp³-hybridized carbons (Fsp3) is 0. The zero-order valence-corrected chi connectivity index (χ0v) is 23.6. The van der Waals surface area contributed by atoms with Crippen LogP contribution in [0.3, 0.4) is 0 Å². The topological polar surface area (TPSA) is 42.2 Å². The zero-order chi connectivity index (χ0) is 25.9. The standard InChI is InChI=1S/C32H18BrN3OS2/c33-21-13-15-26-30(18-21)38-29-17-19(31-34-23-8-1-3-10-27(23)37-31)12-14-25(29)36(26)22-7-5-6-20(16-22)32-35-24-9-2-4-11-28(24)39-32/h1-18H. The van der Waals surface area contributed by atoms with E-state index in [1.165, 1.54) is 9.60 Å². The van der Waals surface area contributed by atoms with Crippen LogP contribution >= 0.6 is 39.0 Å². The molecule has 0 radical (unpaired) electrons. The van der Waals surface area contributed by atoms with Crippen LogP contribution in [0.4, 0.5) is 17.1 Å². The minimum atomic E-state index is 0.629. The number of benzene rings is 5. The van der Waals surface area contributed by atoms with Gasteiger partial charge in [0.05, 0.1) is 21.6 Å². The van der Waals surface area contributed by atoms with Gasteiger partial charge in [-0.15, -0.1) is 11.3 Å². The van der Waals surface area contributed by atoms with E-state index in [4.69, 9.17) is 14.4 Å². The molecular formula is C32H18BrN3OS2. The Morgan fingerprint density at radius 2 is 1.46 bits per heavy atom. The number of anilines is 3. The molecule has 1 aliphatic rings. The van der Waals surface area contributed by atoms with Gasteiger partial charge in [0.25, 0.3) is 0 Å². The second-order valence-electron chi connectivity index (χ2n) is 9.26. The van der Waals surface area contributed by atoms with Gasteiger partial charge in [0.15, 0.2) is 5.58 Å². The molecule has 0 bridgehead atoms. The van der Waals surface area contributed by atoms with Gasteiger partial charge in [-0.2, -0.15) is 0 Å². The van der Waals surface area contributed by atoms with Crippen LogP contribution in [0.2, 0.25) is 0 Å². The van der Waals surface area contributed by atoms with Gasteiger partial charge in [0.1, 0.15) is 10.5 Å². The summed E-state index contributed by atoms with van der Waals surface area (Å²) in [5.41, 5.74) is 8.11. The van der Waals surface area contributed by atoms with Crippen molar-refractivity contribution in [3.05, 3.63) is 114 Å². The zero-order valence-electron chi connectivity index (χ0n) is 20.3. The SMILES string of the molecule is Brc1ccc2c(c1)Sc1cc(-c3nc4ccccc4o3)ccc1N2c1cccc(-c2nc3ccccc3s2)c1. The van der Waals surface area contributed by atoms with Crippen LogP contribution < -0.4 is 4.90 Å². The minimum absolute atomic E-state index is 0.629. The van der Waals surface area contributed by atoms with E-state index in [2.05, 4.69) is 99.7 Å². The van der Waals surface area contributed by atoms with Crippen LogP contribution in [0.5, 0.6) is 0 Å². The Bertz CT molecular complexity index is 1980. The van der Waals surface area contributed by atoms with Crippen molar-refractivity contribution in [3.8, 4) is 22.0 Å². The molecule has 186 valence electrons. The predicted octanol–water partition coefficient (Wildman–Crippen LogP) is 10.5. The Kier molecular flexibility index (Phi) is 5.36. The number of rotatable bonds is 3. The van der Waals surface area contributed by atoms with Crippen LogP contribution in [-0.2, 0) is 0 Å². The van der Waals surface area contributed by atoms with E-state index < -0.39 is 0 Å². The number of halogens is 1. The van der Waals surface area contributed by atoms with Crippen molar-refractivity contribution in [2.45, 2.75) is 9.79 Å². The van der Waals surface area contributed by atoms with Crippen molar-refractivity contribution in [2.24, 2.45) is 0 Å². The van der Waals surface area contributed by atoms with Crippen LogP contribution in [-0.4, -0.2) is 9.97 Å². The molecule has 7 heteroatoms. The normalized spacial score (nSPS) is 12.6. The predicted molar refractivity (Wildman–Crippen MR) is 165 cm³/mol. The average Bonchev–Trinajstić information content (AvgIpc) is 3.60. The quantitative estimate of drug-likeness (QED) is 0.201. The van der Waals surface area contributed by atoms with Gasteiger partial charge >= 0.3 is 0 Å². The molecule has 1 aliphatic heterocycles. The summed E-state index contributed by atoms with van der Waals surface area (Å²) in [6.45, 7) is 0. The minimum Gasteiger partial charge on any atom is -0.436 e. The third kappa shape index (κ3) is 3.97. The first-order chi connectivity index (χ1) is 19.2. The Labute approximate surface area is 241 Å². The number of nitrogens with zero attached hydrogens (tertiary/aromatic N) is 3. The number of fused-ring (bicyclic) bond motifs is 4. The van der Waals surface area contributed by atoms with E-state index in [9.17, 15) is 0 Å². The molecular weight excluding hydrogens is 586 g/mol. The molecule has 0 N–H and O–H groups in total. The highest BCUT2D eigenvalue weighted by atomic mass is 79.9. The van der Waals surface area contributed by atoms with Crippen LogP contribution in [0.15, 0.2) is 128 Å². The van der Waals surface area contributed by atoms with Crippen molar-refractivity contribution in [2.75, 3.05) is 4.90 Å². The molecule has 5 aromatic carbocycles. The molecule has 2 aromatic heterocycles. The lowest BCUT2D eigenvalue weighted by Crippen LogP contribution is -2.15. The third-order valence-electron chi connectivity index (χ3n) is 6.77. The second kappa shape index (κ2) is 9.09. The average molecular weight is 605 g/mol. The summed E-state index contributed by atoms with van der Waals surface area (Å²) in [5, 5.41) is 1.02. The van der Waals surface area contributed by atoms with Gasteiger partial charge in [0.2, 0.25) is 5.89 Å². The maximum Gasteiger partial charge on any atom is 0.227 e. The number of para-hydroxylation sites is 3. The molecule has 4 nitrogen and oxygen atoms in total. The van der Waals surface area contributed by atoms with Crippen molar-refractivity contribution < 1.29 is 4.42 Å². The molecule has 0 unspecified atom stereocenters. The van der Waals surface area contributed by atoms with Gasteiger partial charge in [-0.3, -0.25) is 0 Å². The van der Waals surface area contributed by atoms with Crippen LogP contribution in [0.25, 0.3) is 43.3 Å². The molecule has 39 heavy (non-hydrogen) atoms. The molecule has 0 atom stereocenters.